The molecular formula is C21H28O4. The zero-order valence-corrected chi connectivity index (χ0v) is 15.4. The molecule has 4 heteroatoms. The van der Waals surface area contributed by atoms with Crippen molar-refractivity contribution in [3.63, 3.8) is 0 Å². The van der Waals surface area contributed by atoms with Gasteiger partial charge in [-0.05, 0) is 62.4 Å². The average Bonchev–Trinajstić information content (AvgIpc) is 2.80. The lowest BCUT2D eigenvalue weighted by Crippen LogP contribution is -2.60. The Morgan fingerprint density at radius 3 is 2.56 bits per heavy atom. The molecule has 3 fully saturated rings. The van der Waals surface area contributed by atoms with Crippen molar-refractivity contribution in [2.24, 2.45) is 28.6 Å². The predicted octanol–water partition coefficient (Wildman–Crippen LogP) is 3.02. The summed E-state index contributed by atoms with van der Waals surface area (Å²) in [6.45, 7) is 5.58. The summed E-state index contributed by atoms with van der Waals surface area (Å²) in [7, 11) is 0. The molecule has 0 aromatic rings. The molecule has 25 heavy (non-hydrogen) atoms. The zero-order valence-electron chi connectivity index (χ0n) is 15.4. The van der Waals surface area contributed by atoms with Crippen molar-refractivity contribution >= 4 is 17.3 Å². The maximum absolute atomic E-state index is 13.3. The third kappa shape index (κ3) is 2.00. The monoisotopic (exact) mass is 344 g/mol. The van der Waals surface area contributed by atoms with E-state index in [0.717, 1.165) is 31.3 Å². The first-order chi connectivity index (χ1) is 11.6. The highest BCUT2D eigenvalue weighted by atomic mass is 16.3. The third-order valence-electron chi connectivity index (χ3n) is 8.39. The van der Waals surface area contributed by atoms with E-state index in [2.05, 4.69) is 6.92 Å². The van der Waals surface area contributed by atoms with Crippen molar-refractivity contribution in [2.75, 3.05) is 0 Å². The van der Waals surface area contributed by atoms with Gasteiger partial charge in [-0.15, -0.1) is 0 Å². The van der Waals surface area contributed by atoms with Crippen LogP contribution < -0.4 is 0 Å². The van der Waals surface area contributed by atoms with Crippen LogP contribution in [0.1, 0.15) is 65.7 Å². The van der Waals surface area contributed by atoms with Gasteiger partial charge in [0.2, 0.25) is 0 Å². The van der Waals surface area contributed by atoms with E-state index in [1.54, 1.807) is 6.08 Å². The molecule has 6 atom stereocenters. The molecule has 0 amide bonds. The van der Waals surface area contributed by atoms with E-state index >= 15 is 0 Å². The van der Waals surface area contributed by atoms with Gasteiger partial charge in [0.1, 0.15) is 11.4 Å². The Bertz CT molecular complexity index is 707. The maximum atomic E-state index is 13.3. The van der Waals surface area contributed by atoms with Crippen LogP contribution >= 0.6 is 0 Å². The highest BCUT2D eigenvalue weighted by molar-refractivity contribution is 5.94. The van der Waals surface area contributed by atoms with Crippen molar-refractivity contribution in [3.05, 3.63) is 11.6 Å². The quantitative estimate of drug-likeness (QED) is 0.794. The maximum Gasteiger partial charge on any atom is 0.161 e. The minimum absolute atomic E-state index is 0.0621. The molecule has 136 valence electrons. The van der Waals surface area contributed by atoms with E-state index in [-0.39, 0.29) is 46.9 Å². The van der Waals surface area contributed by atoms with Crippen LogP contribution in [0.2, 0.25) is 0 Å². The molecule has 4 rings (SSSR count). The van der Waals surface area contributed by atoms with Crippen molar-refractivity contribution in [3.8, 4) is 0 Å². The largest absolute Gasteiger partial charge is 0.381 e. The van der Waals surface area contributed by atoms with Crippen LogP contribution in [0.5, 0.6) is 0 Å². The Balaban J connectivity index is 1.77. The van der Waals surface area contributed by atoms with Gasteiger partial charge in [0.05, 0.1) is 0 Å². The molecule has 4 aliphatic rings. The lowest BCUT2D eigenvalue weighted by Gasteiger charge is -2.57. The molecule has 4 nitrogen and oxygen atoms in total. The van der Waals surface area contributed by atoms with Crippen LogP contribution in [0.15, 0.2) is 11.6 Å². The number of hydrogen-bond donors (Lipinski definition) is 1. The van der Waals surface area contributed by atoms with E-state index in [0.29, 0.717) is 12.8 Å². The Morgan fingerprint density at radius 2 is 1.88 bits per heavy atom. The fourth-order valence-electron chi connectivity index (χ4n) is 6.97. The van der Waals surface area contributed by atoms with Gasteiger partial charge in [-0.2, -0.15) is 0 Å². The number of hydrogen-bond acceptors (Lipinski definition) is 4. The topological polar surface area (TPSA) is 71.4 Å². The van der Waals surface area contributed by atoms with Crippen LogP contribution in [-0.2, 0) is 14.4 Å². The van der Waals surface area contributed by atoms with Gasteiger partial charge in [-0.25, -0.2) is 0 Å². The van der Waals surface area contributed by atoms with E-state index in [4.69, 9.17) is 0 Å². The fourth-order valence-corrected chi connectivity index (χ4v) is 6.97. The van der Waals surface area contributed by atoms with Gasteiger partial charge in [0, 0.05) is 24.2 Å². The summed E-state index contributed by atoms with van der Waals surface area (Å²) in [6.07, 6.45) is 6.39. The molecule has 3 saturated carbocycles. The number of fused-ring (bicyclic) bond motifs is 5. The minimum atomic E-state index is -1.36. The molecule has 0 radical (unpaired) electrons. The number of rotatable bonds is 1. The number of carbonyl (C=O) groups is 3. The van der Waals surface area contributed by atoms with Gasteiger partial charge in [0.15, 0.2) is 11.6 Å². The molecule has 0 spiro atoms. The summed E-state index contributed by atoms with van der Waals surface area (Å²) >= 11 is 0. The second kappa shape index (κ2) is 5.12. The van der Waals surface area contributed by atoms with Crippen LogP contribution in [0.4, 0.5) is 0 Å². The number of Topliss-reactive ketones (excluding diaryl/α,β-unsaturated/α-hetero) is 2. The third-order valence-corrected chi connectivity index (χ3v) is 8.39. The second-order valence-corrected chi connectivity index (χ2v) is 9.36. The first-order valence-electron chi connectivity index (χ1n) is 9.63. The summed E-state index contributed by atoms with van der Waals surface area (Å²) in [5.74, 6) is 0.538. The molecule has 1 N–H and O–H groups in total. The zero-order chi connectivity index (χ0) is 18.2. The lowest BCUT2D eigenvalue weighted by molar-refractivity contribution is -0.167. The van der Waals surface area contributed by atoms with E-state index in [9.17, 15) is 19.5 Å². The Morgan fingerprint density at radius 1 is 1.16 bits per heavy atom. The minimum Gasteiger partial charge on any atom is -0.381 e. The number of ketones is 3. The summed E-state index contributed by atoms with van der Waals surface area (Å²) in [6, 6.07) is 0. The number of allylic oxidation sites excluding steroid dienone is 1. The number of carbonyl (C=O) groups excluding carboxylic acids is 3. The second-order valence-electron chi connectivity index (χ2n) is 9.36. The normalized spacial score (nSPS) is 49.1. The van der Waals surface area contributed by atoms with E-state index in [1.165, 1.54) is 6.92 Å². The molecule has 0 aromatic heterocycles. The summed E-state index contributed by atoms with van der Waals surface area (Å²) in [4.78, 5) is 37.4. The summed E-state index contributed by atoms with van der Waals surface area (Å²) in [5.41, 5.74) is -1.06. The predicted molar refractivity (Wildman–Crippen MR) is 92.7 cm³/mol. The van der Waals surface area contributed by atoms with Crippen LogP contribution in [-0.4, -0.2) is 28.1 Å². The summed E-state index contributed by atoms with van der Waals surface area (Å²) in [5, 5.41) is 11.1. The SMILES string of the molecule is CC(=O)[C@@]1(O)CCC2C3CCC4=CC(=O)CCC4(C)C3C(=O)CC21C. The Kier molecular flexibility index (Phi) is 3.51. The van der Waals surface area contributed by atoms with Gasteiger partial charge in [-0.3, -0.25) is 14.4 Å². The van der Waals surface area contributed by atoms with Gasteiger partial charge < -0.3 is 5.11 Å². The first-order valence-corrected chi connectivity index (χ1v) is 9.63. The first kappa shape index (κ1) is 17.1. The van der Waals surface area contributed by atoms with Crippen molar-refractivity contribution < 1.29 is 19.5 Å². The molecule has 0 aliphatic heterocycles. The van der Waals surface area contributed by atoms with Gasteiger partial charge in [-0.1, -0.05) is 19.4 Å². The van der Waals surface area contributed by atoms with Crippen LogP contribution in [0.25, 0.3) is 0 Å². The van der Waals surface area contributed by atoms with Crippen molar-refractivity contribution in [1.29, 1.82) is 0 Å². The number of aliphatic hydroxyl groups is 1. The highest BCUT2D eigenvalue weighted by Crippen LogP contribution is 2.66. The van der Waals surface area contributed by atoms with E-state index in [1.807, 2.05) is 6.92 Å². The molecule has 0 bridgehead atoms. The molecule has 0 aromatic carbocycles. The smallest absolute Gasteiger partial charge is 0.161 e. The van der Waals surface area contributed by atoms with Gasteiger partial charge >= 0.3 is 0 Å². The Hall–Kier alpha value is -1.29. The molecule has 5 unspecified atom stereocenters. The lowest BCUT2D eigenvalue weighted by atomic mass is 9.46. The average molecular weight is 344 g/mol. The van der Waals surface area contributed by atoms with E-state index < -0.39 is 11.0 Å². The molecular weight excluding hydrogens is 316 g/mol. The van der Waals surface area contributed by atoms with Crippen LogP contribution in [0.3, 0.4) is 0 Å². The fraction of sp³-hybridized carbons (Fsp3) is 0.762. The van der Waals surface area contributed by atoms with Crippen molar-refractivity contribution in [1.82, 2.24) is 0 Å². The van der Waals surface area contributed by atoms with Crippen molar-refractivity contribution in [2.45, 2.75) is 71.3 Å². The van der Waals surface area contributed by atoms with Gasteiger partial charge in [0.25, 0.3) is 0 Å². The molecule has 0 saturated heterocycles. The molecule has 0 heterocycles. The Labute approximate surface area is 149 Å². The highest BCUT2D eigenvalue weighted by Gasteiger charge is 2.67. The standard InChI is InChI=1S/C21H28O4/c1-12(22)21(25)9-7-16-15-5-4-13-10-14(23)6-8-19(13,2)18(15)17(24)11-20(16,21)3/h10,15-16,18,25H,4-9,11H2,1-3H3/t15?,16?,18?,19?,20?,21-/m0/s1. The molecule has 4 aliphatic carbocycles. The summed E-state index contributed by atoms with van der Waals surface area (Å²) < 4.78 is 0. The van der Waals surface area contributed by atoms with Crippen LogP contribution in [0, 0.1) is 28.6 Å².